The Hall–Kier alpha value is -0.250. The normalized spacial score (nSPS) is 21.6. The van der Waals surface area contributed by atoms with Gasteiger partial charge in [-0.05, 0) is 31.9 Å². The Morgan fingerprint density at radius 3 is 2.71 bits per heavy atom. The zero-order chi connectivity index (χ0) is 9.97. The molecule has 0 spiro atoms. The molecule has 0 radical (unpaired) electrons. The van der Waals surface area contributed by atoms with Gasteiger partial charge < -0.3 is 4.90 Å². The van der Waals surface area contributed by atoms with E-state index in [4.69, 9.17) is 0 Å². The Bertz CT molecular complexity index is 294. The number of alkyl halides is 1. The molecule has 1 saturated heterocycles. The van der Waals surface area contributed by atoms with Crippen LogP contribution in [-0.4, -0.2) is 17.0 Å². The summed E-state index contributed by atoms with van der Waals surface area (Å²) in [6.45, 7) is 3.38. The lowest BCUT2D eigenvalue weighted by Crippen LogP contribution is -2.30. The topological polar surface area (TPSA) is 3.24 Å². The Labute approximate surface area is 99.6 Å². The Morgan fingerprint density at radius 1 is 1.36 bits per heavy atom. The molecule has 1 fully saturated rings. The lowest BCUT2D eigenvalue weighted by molar-refractivity contribution is 0.755. The van der Waals surface area contributed by atoms with Gasteiger partial charge in [0.05, 0.1) is 0 Å². The molecule has 0 saturated carbocycles. The molecule has 1 unspecified atom stereocenters. The number of hydrogen-bond acceptors (Lipinski definition) is 1. The van der Waals surface area contributed by atoms with E-state index in [2.05, 4.69) is 58.7 Å². The number of benzene rings is 1. The molecule has 0 bridgehead atoms. The Balaban J connectivity index is 2.17. The zero-order valence-electron chi connectivity index (χ0n) is 8.54. The van der Waals surface area contributed by atoms with Crippen LogP contribution in [0.4, 0.5) is 5.69 Å². The van der Waals surface area contributed by atoms with Crippen molar-refractivity contribution in [2.45, 2.75) is 25.8 Å². The second-order valence-corrected chi connectivity index (χ2v) is 4.86. The third-order valence-electron chi connectivity index (χ3n) is 2.92. The van der Waals surface area contributed by atoms with Gasteiger partial charge in [0.25, 0.3) is 0 Å². The monoisotopic (exact) mass is 301 g/mol. The minimum Gasteiger partial charge on any atom is -0.368 e. The third-order valence-corrected chi connectivity index (χ3v) is 3.94. The molecular formula is C12H16IN. The highest BCUT2D eigenvalue weighted by Crippen LogP contribution is 2.26. The van der Waals surface area contributed by atoms with Crippen LogP contribution in [0.3, 0.4) is 0 Å². The molecule has 2 rings (SSSR count). The highest BCUT2D eigenvalue weighted by molar-refractivity contribution is 14.1. The van der Waals surface area contributed by atoms with E-state index in [1.807, 2.05) is 0 Å². The standard InChI is InChI=1S/C12H16IN/c1-10-4-6-11(7-5-10)14-8-2-3-12(14)9-13/h4-7,12H,2-3,8-9H2,1H3. The van der Waals surface area contributed by atoms with Crippen LogP contribution in [0, 0.1) is 6.92 Å². The van der Waals surface area contributed by atoms with E-state index in [9.17, 15) is 0 Å². The molecule has 1 aromatic rings. The summed E-state index contributed by atoms with van der Waals surface area (Å²) in [7, 11) is 0. The SMILES string of the molecule is Cc1ccc(N2CCCC2CI)cc1. The summed E-state index contributed by atoms with van der Waals surface area (Å²) in [5, 5.41) is 0. The minimum atomic E-state index is 0.762. The molecule has 1 aliphatic rings. The predicted octanol–water partition coefficient (Wildman–Crippen LogP) is 3.40. The second kappa shape index (κ2) is 4.51. The fourth-order valence-corrected chi connectivity index (χ4v) is 2.99. The van der Waals surface area contributed by atoms with Crippen LogP contribution < -0.4 is 4.90 Å². The Morgan fingerprint density at radius 2 is 2.07 bits per heavy atom. The van der Waals surface area contributed by atoms with E-state index >= 15 is 0 Å². The number of aryl methyl sites for hydroxylation is 1. The number of halogens is 1. The van der Waals surface area contributed by atoms with Gasteiger partial charge in [0.2, 0.25) is 0 Å². The van der Waals surface area contributed by atoms with Crippen molar-refractivity contribution in [2.75, 3.05) is 15.9 Å². The van der Waals surface area contributed by atoms with Gasteiger partial charge in [-0.25, -0.2) is 0 Å². The smallest absolute Gasteiger partial charge is 0.0380 e. The minimum absolute atomic E-state index is 0.762. The van der Waals surface area contributed by atoms with Crippen molar-refractivity contribution in [3.8, 4) is 0 Å². The zero-order valence-corrected chi connectivity index (χ0v) is 10.7. The maximum absolute atomic E-state index is 2.55. The van der Waals surface area contributed by atoms with Gasteiger partial charge in [0, 0.05) is 22.7 Å². The van der Waals surface area contributed by atoms with E-state index < -0.39 is 0 Å². The summed E-state index contributed by atoms with van der Waals surface area (Å²) < 4.78 is 1.24. The fourth-order valence-electron chi connectivity index (χ4n) is 2.07. The average molecular weight is 301 g/mol. The number of hydrogen-bond donors (Lipinski definition) is 0. The molecular weight excluding hydrogens is 285 g/mol. The summed E-state index contributed by atoms with van der Waals surface area (Å²) in [5.41, 5.74) is 2.74. The Kier molecular flexibility index (Phi) is 3.31. The van der Waals surface area contributed by atoms with Gasteiger partial charge >= 0.3 is 0 Å². The summed E-state index contributed by atoms with van der Waals surface area (Å²) in [4.78, 5) is 2.55. The van der Waals surface area contributed by atoms with E-state index in [1.54, 1.807) is 0 Å². The molecule has 1 nitrogen and oxygen atoms in total. The largest absolute Gasteiger partial charge is 0.368 e. The van der Waals surface area contributed by atoms with Gasteiger partial charge in [-0.2, -0.15) is 0 Å². The lowest BCUT2D eigenvalue weighted by atomic mass is 10.2. The molecule has 76 valence electrons. The fraction of sp³-hybridized carbons (Fsp3) is 0.500. The van der Waals surface area contributed by atoms with Gasteiger partial charge in [0.1, 0.15) is 0 Å². The first kappa shape index (κ1) is 10.3. The summed E-state index contributed by atoms with van der Waals surface area (Å²) in [6, 6.07) is 9.67. The average Bonchev–Trinajstić information content (AvgIpc) is 2.67. The van der Waals surface area contributed by atoms with Crippen molar-refractivity contribution in [2.24, 2.45) is 0 Å². The van der Waals surface area contributed by atoms with Crippen molar-refractivity contribution < 1.29 is 0 Å². The van der Waals surface area contributed by atoms with Crippen LogP contribution in [0.2, 0.25) is 0 Å². The number of rotatable bonds is 2. The van der Waals surface area contributed by atoms with Gasteiger partial charge in [-0.1, -0.05) is 40.3 Å². The first-order chi connectivity index (χ1) is 6.81. The molecule has 0 amide bonds. The van der Waals surface area contributed by atoms with Crippen LogP contribution in [0.1, 0.15) is 18.4 Å². The molecule has 14 heavy (non-hydrogen) atoms. The molecule has 2 heteroatoms. The van der Waals surface area contributed by atoms with Crippen molar-refractivity contribution in [1.29, 1.82) is 0 Å². The van der Waals surface area contributed by atoms with Crippen molar-refractivity contribution in [3.05, 3.63) is 29.8 Å². The van der Waals surface area contributed by atoms with E-state index in [0.29, 0.717) is 0 Å². The van der Waals surface area contributed by atoms with E-state index in [-0.39, 0.29) is 0 Å². The van der Waals surface area contributed by atoms with Gasteiger partial charge in [-0.15, -0.1) is 0 Å². The van der Waals surface area contributed by atoms with Crippen LogP contribution in [0.25, 0.3) is 0 Å². The van der Waals surface area contributed by atoms with Crippen molar-refractivity contribution >= 4 is 28.3 Å². The number of anilines is 1. The predicted molar refractivity (Wildman–Crippen MR) is 70.4 cm³/mol. The van der Waals surface area contributed by atoms with Crippen LogP contribution in [-0.2, 0) is 0 Å². The summed E-state index contributed by atoms with van der Waals surface area (Å²) in [5.74, 6) is 0. The molecule has 0 N–H and O–H groups in total. The second-order valence-electron chi connectivity index (χ2n) is 3.98. The maximum atomic E-state index is 2.55. The van der Waals surface area contributed by atoms with E-state index in [0.717, 1.165) is 6.04 Å². The summed E-state index contributed by atoms with van der Waals surface area (Å²) in [6.07, 6.45) is 2.71. The quantitative estimate of drug-likeness (QED) is 0.598. The number of nitrogens with zero attached hydrogens (tertiary/aromatic N) is 1. The summed E-state index contributed by atoms with van der Waals surface area (Å²) >= 11 is 2.50. The molecule has 1 heterocycles. The van der Waals surface area contributed by atoms with Crippen molar-refractivity contribution in [1.82, 2.24) is 0 Å². The van der Waals surface area contributed by atoms with Crippen LogP contribution in [0.15, 0.2) is 24.3 Å². The van der Waals surface area contributed by atoms with Crippen LogP contribution in [0.5, 0.6) is 0 Å². The van der Waals surface area contributed by atoms with Gasteiger partial charge in [0.15, 0.2) is 0 Å². The first-order valence-electron chi connectivity index (χ1n) is 5.20. The third kappa shape index (κ3) is 2.05. The molecule has 1 aliphatic heterocycles. The van der Waals surface area contributed by atoms with Crippen LogP contribution >= 0.6 is 22.6 Å². The molecule has 1 aromatic carbocycles. The maximum Gasteiger partial charge on any atom is 0.0380 e. The molecule has 0 aliphatic carbocycles. The highest BCUT2D eigenvalue weighted by Gasteiger charge is 2.23. The first-order valence-corrected chi connectivity index (χ1v) is 6.73. The molecule has 1 atom stereocenters. The van der Waals surface area contributed by atoms with E-state index in [1.165, 1.54) is 35.1 Å². The van der Waals surface area contributed by atoms with Gasteiger partial charge in [-0.3, -0.25) is 0 Å². The van der Waals surface area contributed by atoms with Crippen molar-refractivity contribution in [3.63, 3.8) is 0 Å². The lowest BCUT2D eigenvalue weighted by Gasteiger charge is -2.25. The highest BCUT2D eigenvalue weighted by atomic mass is 127. The molecule has 0 aromatic heterocycles.